The summed E-state index contributed by atoms with van der Waals surface area (Å²) in [7, 11) is 0. The maximum Gasteiger partial charge on any atom is 0.230 e. The van der Waals surface area contributed by atoms with Crippen LogP contribution in [0, 0.1) is 5.41 Å². The Labute approximate surface area is 128 Å². The first-order chi connectivity index (χ1) is 8.94. The van der Waals surface area contributed by atoms with Crippen LogP contribution < -0.4 is 3.53 Å². The fourth-order valence-corrected chi connectivity index (χ4v) is 2.26. The summed E-state index contributed by atoms with van der Waals surface area (Å²) in [4.78, 5) is 24.8. The molecule has 0 aromatic rings. The minimum absolute atomic E-state index is 0.0508. The lowest BCUT2D eigenvalue weighted by molar-refractivity contribution is -0.134. The van der Waals surface area contributed by atoms with E-state index in [4.69, 9.17) is 4.74 Å². The Morgan fingerprint density at radius 3 is 2.37 bits per heavy atom. The van der Waals surface area contributed by atoms with E-state index in [1.165, 1.54) is 0 Å². The number of carbonyl (C=O) groups is 2. The molecular weight excluding hydrogens is 359 g/mol. The van der Waals surface area contributed by atoms with Gasteiger partial charge in [0.05, 0.1) is 48.9 Å². The molecule has 0 aromatic heterocycles. The van der Waals surface area contributed by atoms with E-state index < -0.39 is 0 Å². The fourth-order valence-electron chi connectivity index (χ4n) is 1.99. The lowest BCUT2D eigenvalue weighted by Crippen LogP contribution is -2.41. The number of hydrogen-bond acceptors (Lipinski definition) is 3. The van der Waals surface area contributed by atoms with E-state index >= 15 is 0 Å². The minimum Gasteiger partial charge on any atom is -0.380 e. The molecule has 1 N–H and O–H groups in total. The van der Waals surface area contributed by atoms with Gasteiger partial charge in [-0.25, -0.2) is 0 Å². The van der Waals surface area contributed by atoms with Gasteiger partial charge in [0.15, 0.2) is 0 Å². The first-order valence-electron chi connectivity index (χ1n) is 6.69. The van der Waals surface area contributed by atoms with E-state index in [-0.39, 0.29) is 11.8 Å². The molecule has 0 radical (unpaired) electrons. The molecule has 0 aliphatic carbocycles. The van der Waals surface area contributed by atoms with Crippen LogP contribution in [0.1, 0.15) is 39.5 Å². The molecule has 1 heterocycles. The van der Waals surface area contributed by atoms with Crippen molar-refractivity contribution in [2.75, 3.05) is 26.3 Å². The van der Waals surface area contributed by atoms with Gasteiger partial charge >= 0.3 is 0 Å². The molecule has 0 unspecified atom stereocenters. The van der Waals surface area contributed by atoms with E-state index in [2.05, 4.69) is 17.4 Å². The van der Waals surface area contributed by atoms with Crippen LogP contribution >= 0.6 is 22.9 Å². The SMILES string of the molecule is CC1(C)CCN(C(=O)CCOCCC(=O)NI)CC1. The maximum absolute atomic E-state index is 11.9. The molecule has 6 heteroatoms. The normalized spacial score (nSPS) is 18.2. The third-order valence-corrected chi connectivity index (χ3v) is 4.11. The molecule has 0 atom stereocenters. The van der Waals surface area contributed by atoms with Crippen LogP contribution in [0.25, 0.3) is 0 Å². The number of hydrogen-bond donors (Lipinski definition) is 1. The predicted octanol–water partition coefficient (Wildman–Crippen LogP) is 1.90. The molecule has 1 rings (SSSR count). The molecular formula is C13H23IN2O3. The van der Waals surface area contributed by atoms with E-state index in [1.54, 1.807) is 22.9 Å². The van der Waals surface area contributed by atoms with Gasteiger partial charge in [-0.15, -0.1) is 0 Å². The first-order valence-corrected chi connectivity index (χ1v) is 7.77. The number of likely N-dealkylation sites (tertiary alicyclic amines) is 1. The number of amides is 2. The van der Waals surface area contributed by atoms with Gasteiger partial charge in [-0.1, -0.05) is 13.8 Å². The summed E-state index contributed by atoms with van der Waals surface area (Å²) in [6.45, 7) is 6.96. The Bertz CT molecular complexity index is 311. The summed E-state index contributed by atoms with van der Waals surface area (Å²) in [6, 6.07) is 0. The zero-order valence-corrected chi connectivity index (χ0v) is 13.9. The van der Waals surface area contributed by atoms with Gasteiger partial charge in [-0.05, 0) is 18.3 Å². The van der Waals surface area contributed by atoms with Gasteiger partial charge in [0, 0.05) is 13.1 Å². The highest BCUT2D eigenvalue weighted by molar-refractivity contribution is 14.1. The molecule has 0 saturated carbocycles. The lowest BCUT2D eigenvalue weighted by atomic mass is 9.82. The zero-order valence-electron chi connectivity index (χ0n) is 11.7. The van der Waals surface area contributed by atoms with E-state index in [1.807, 2.05) is 4.90 Å². The van der Waals surface area contributed by atoms with Gasteiger partial charge in [0.25, 0.3) is 0 Å². The van der Waals surface area contributed by atoms with Crippen LogP contribution in [0.5, 0.6) is 0 Å². The van der Waals surface area contributed by atoms with Crippen molar-refractivity contribution in [3.8, 4) is 0 Å². The van der Waals surface area contributed by atoms with Crippen molar-refractivity contribution < 1.29 is 14.3 Å². The zero-order chi connectivity index (χ0) is 14.3. The molecule has 110 valence electrons. The average Bonchev–Trinajstić information content (AvgIpc) is 2.37. The summed E-state index contributed by atoms with van der Waals surface area (Å²) in [5, 5.41) is 0. The molecule has 5 nitrogen and oxygen atoms in total. The number of rotatable bonds is 6. The van der Waals surface area contributed by atoms with Crippen molar-refractivity contribution in [2.24, 2.45) is 5.41 Å². The monoisotopic (exact) mass is 382 g/mol. The molecule has 1 aliphatic heterocycles. The molecule has 1 saturated heterocycles. The second-order valence-corrected chi connectivity index (χ2v) is 6.21. The van der Waals surface area contributed by atoms with Gasteiger partial charge in [0.2, 0.25) is 11.8 Å². The second kappa shape index (κ2) is 8.04. The van der Waals surface area contributed by atoms with E-state index in [9.17, 15) is 9.59 Å². The largest absolute Gasteiger partial charge is 0.380 e. The van der Waals surface area contributed by atoms with Crippen molar-refractivity contribution in [3.05, 3.63) is 0 Å². The molecule has 1 aliphatic rings. The van der Waals surface area contributed by atoms with Gasteiger partial charge < -0.3 is 9.64 Å². The van der Waals surface area contributed by atoms with Crippen molar-refractivity contribution in [3.63, 3.8) is 0 Å². The Kier molecular flexibility index (Phi) is 7.06. The van der Waals surface area contributed by atoms with Gasteiger partial charge in [0.1, 0.15) is 0 Å². The van der Waals surface area contributed by atoms with Crippen molar-refractivity contribution in [1.29, 1.82) is 0 Å². The quantitative estimate of drug-likeness (QED) is 0.434. The Morgan fingerprint density at radius 1 is 1.21 bits per heavy atom. The highest BCUT2D eigenvalue weighted by atomic mass is 127. The Hall–Kier alpha value is -0.370. The Morgan fingerprint density at radius 2 is 1.79 bits per heavy atom. The van der Waals surface area contributed by atoms with Crippen molar-refractivity contribution in [2.45, 2.75) is 39.5 Å². The standard InChI is InChI=1S/C13H23IN2O3/c1-13(2)5-7-16(8-6-13)12(18)4-10-19-9-3-11(17)15-14/h3-10H2,1-2H3,(H,15,17). The summed E-state index contributed by atoms with van der Waals surface area (Å²) in [6.07, 6.45) is 2.88. The topological polar surface area (TPSA) is 58.6 Å². The maximum atomic E-state index is 11.9. The van der Waals surface area contributed by atoms with Crippen LogP contribution in [-0.2, 0) is 14.3 Å². The summed E-state index contributed by atoms with van der Waals surface area (Å²) in [5.41, 5.74) is 0.361. The smallest absolute Gasteiger partial charge is 0.230 e. The third kappa shape index (κ3) is 6.56. The predicted molar refractivity (Wildman–Crippen MR) is 81.8 cm³/mol. The summed E-state index contributed by atoms with van der Waals surface area (Å²) < 4.78 is 7.80. The van der Waals surface area contributed by atoms with Crippen molar-refractivity contribution >= 4 is 34.7 Å². The second-order valence-electron chi connectivity index (χ2n) is 5.68. The van der Waals surface area contributed by atoms with Crippen LogP contribution in [-0.4, -0.2) is 43.0 Å². The van der Waals surface area contributed by atoms with Crippen LogP contribution in [0.4, 0.5) is 0 Å². The first kappa shape index (κ1) is 16.7. The third-order valence-electron chi connectivity index (χ3n) is 3.51. The molecule has 0 aromatic carbocycles. The summed E-state index contributed by atoms with van der Waals surface area (Å²) >= 11 is 1.80. The van der Waals surface area contributed by atoms with Gasteiger partial charge in [-0.3, -0.25) is 13.1 Å². The molecule has 0 bridgehead atoms. The van der Waals surface area contributed by atoms with Crippen LogP contribution in [0.2, 0.25) is 0 Å². The molecule has 1 fully saturated rings. The minimum atomic E-state index is -0.0508. The highest BCUT2D eigenvalue weighted by Gasteiger charge is 2.27. The highest BCUT2D eigenvalue weighted by Crippen LogP contribution is 2.29. The van der Waals surface area contributed by atoms with Crippen LogP contribution in [0.15, 0.2) is 0 Å². The molecule has 2 amide bonds. The van der Waals surface area contributed by atoms with E-state index in [0.29, 0.717) is 31.5 Å². The lowest BCUT2D eigenvalue weighted by Gasteiger charge is -2.37. The van der Waals surface area contributed by atoms with Gasteiger partial charge in [-0.2, -0.15) is 0 Å². The number of halogens is 1. The molecule has 0 spiro atoms. The van der Waals surface area contributed by atoms with Crippen LogP contribution in [0.3, 0.4) is 0 Å². The number of nitrogens with one attached hydrogen (secondary N) is 1. The number of piperidine rings is 1. The Balaban J connectivity index is 2.10. The molecule has 19 heavy (non-hydrogen) atoms. The number of carbonyl (C=O) groups excluding carboxylic acids is 2. The summed E-state index contributed by atoms with van der Waals surface area (Å²) in [5.74, 6) is 0.110. The fraction of sp³-hybridized carbons (Fsp3) is 0.846. The van der Waals surface area contributed by atoms with E-state index in [0.717, 1.165) is 25.9 Å². The number of nitrogens with zero attached hydrogens (tertiary/aromatic N) is 1. The number of ether oxygens (including phenoxy) is 1. The average molecular weight is 382 g/mol. The van der Waals surface area contributed by atoms with Crippen molar-refractivity contribution in [1.82, 2.24) is 8.43 Å².